The Morgan fingerprint density at radius 2 is 2.10 bits per heavy atom. The summed E-state index contributed by atoms with van der Waals surface area (Å²) in [5.41, 5.74) is -0.179. The van der Waals surface area contributed by atoms with Crippen LogP contribution in [0.1, 0.15) is 34.8 Å². The Labute approximate surface area is 179 Å². The van der Waals surface area contributed by atoms with E-state index in [9.17, 15) is 22.6 Å². The largest absolute Gasteiger partial charge is 0.466 e. The Balaban J connectivity index is 2.02. The van der Waals surface area contributed by atoms with Gasteiger partial charge in [-0.3, -0.25) is 4.79 Å². The van der Waals surface area contributed by atoms with Crippen molar-refractivity contribution in [2.75, 3.05) is 17.6 Å². The first-order valence-electron chi connectivity index (χ1n) is 9.26. The Kier molecular flexibility index (Phi) is 6.91. The molecule has 31 heavy (non-hydrogen) atoms. The lowest BCUT2D eigenvalue weighted by Gasteiger charge is -2.10. The van der Waals surface area contributed by atoms with E-state index in [1.807, 2.05) is 6.92 Å². The number of fused-ring (bicyclic) bond motifs is 1. The molecule has 0 spiro atoms. The third-order valence-electron chi connectivity index (χ3n) is 4.34. The Morgan fingerprint density at radius 3 is 2.81 bits per heavy atom. The van der Waals surface area contributed by atoms with Gasteiger partial charge in [0.25, 0.3) is 0 Å². The van der Waals surface area contributed by atoms with Crippen LogP contribution in [-0.2, 0) is 20.5 Å². The Bertz CT molecular complexity index is 1210. The van der Waals surface area contributed by atoms with E-state index < -0.39 is 39.9 Å². The number of benzene rings is 1. The first-order valence-corrected chi connectivity index (χ1v) is 10.6. The van der Waals surface area contributed by atoms with Crippen molar-refractivity contribution in [1.82, 2.24) is 9.97 Å². The average molecular weight is 447 g/mol. The summed E-state index contributed by atoms with van der Waals surface area (Å²) in [4.78, 5) is 31.2. The number of anilines is 1. The lowest BCUT2D eigenvalue weighted by Crippen LogP contribution is -2.13. The molecule has 0 fully saturated rings. The minimum Gasteiger partial charge on any atom is -0.466 e. The molecule has 0 saturated carbocycles. The molecule has 10 heteroatoms. The van der Waals surface area contributed by atoms with Gasteiger partial charge in [-0.25, -0.2) is 22.8 Å². The number of nitrogens with zero attached hydrogens (tertiary/aromatic N) is 1. The first-order chi connectivity index (χ1) is 14.8. The fourth-order valence-electron chi connectivity index (χ4n) is 2.86. The second-order valence-corrected chi connectivity index (χ2v) is 7.79. The van der Waals surface area contributed by atoms with Crippen molar-refractivity contribution < 1.29 is 27.3 Å². The van der Waals surface area contributed by atoms with Crippen molar-refractivity contribution in [2.45, 2.75) is 13.3 Å². The van der Waals surface area contributed by atoms with E-state index in [1.54, 1.807) is 6.07 Å². The van der Waals surface area contributed by atoms with E-state index in [1.165, 1.54) is 31.7 Å². The molecule has 2 N–H and O–H groups in total. The number of aromatic nitrogens is 2. The van der Waals surface area contributed by atoms with Crippen LogP contribution in [0.5, 0.6) is 0 Å². The van der Waals surface area contributed by atoms with Crippen LogP contribution in [0, 0.1) is 11.6 Å². The molecular weight excluding hydrogens is 428 g/mol. The predicted octanol–water partition coefficient (Wildman–Crippen LogP) is 3.74. The molecule has 0 aliphatic heterocycles. The summed E-state index contributed by atoms with van der Waals surface area (Å²) in [5, 5.41) is 0.323. The van der Waals surface area contributed by atoms with Crippen LogP contribution in [0.2, 0.25) is 0 Å². The Morgan fingerprint density at radius 1 is 1.32 bits per heavy atom. The van der Waals surface area contributed by atoms with E-state index in [0.29, 0.717) is 23.0 Å². The predicted molar refractivity (Wildman–Crippen MR) is 114 cm³/mol. The average Bonchev–Trinajstić information content (AvgIpc) is 3.17. The van der Waals surface area contributed by atoms with Gasteiger partial charge in [0.1, 0.15) is 22.5 Å². The number of hydrogen-bond donors (Lipinski definition) is 2. The summed E-state index contributed by atoms with van der Waals surface area (Å²) in [6.45, 7) is 1.81. The number of hydrogen-bond acceptors (Lipinski definition) is 5. The number of aromatic amines is 1. The van der Waals surface area contributed by atoms with Crippen molar-refractivity contribution in [1.29, 1.82) is 0 Å². The topological polar surface area (TPSA) is 101 Å². The molecule has 0 amide bonds. The molecule has 0 aliphatic rings. The van der Waals surface area contributed by atoms with Crippen molar-refractivity contribution in [2.24, 2.45) is 0 Å². The molecule has 7 nitrogen and oxygen atoms in total. The van der Waals surface area contributed by atoms with Crippen molar-refractivity contribution in [3.63, 3.8) is 0 Å². The van der Waals surface area contributed by atoms with Crippen LogP contribution in [0.4, 0.5) is 14.5 Å². The molecule has 1 atom stereocenters. The maximum absolute atomic E-state index is 15.0. The zero-order chi connectivity index (χ0) is 22.5. The van der Waals surface area contributed by atoms with Gasteiger partial charge < -0.3 is 14.4 Å². The number of methoxy groups -OCH3 is 1. The second kappa shape index (κ2) is 9.61. The van der Waals surface area contributed by atoms with Gasteiger partial charge in [0.2, 0.25) is 5.78 Å². The van der Waals surface area contributed by atoms with E-state index in [-0.39, 0.29) is 17.0 Å². The zero-order valence-corrected chi connectivity index (χ0v) is 17.5. The summed E-state index contributed by atoms with van der Waals surface area (Å²) in [6.07, 6.45) is 5.99. The highest BCUT2D eigenvalue weighted by atomic mass is 32.2. The number of H-pyrrole nitrogens is 1. The lowest BCUT2D eigenvalue weighted by atomic mass is 10.0. The third-order valence-corrected chi connectivity index (χ3v) is 5.57. The van der Waals surface area contributed by atoms with Gasteiger partial charge in [-0.05, 0) is 36.3 Å². The molecule has 0 bridgehead atoms. The van der Waals surface area contributed by atoms with Gasteiger partial charge in [-0.2, -0.15) is 0 Å². The SMILES string of the molecule is CCCS(=O)Nc1ccc(F)c(C(=O)c2c[nH]c3ncc(/C=C/C(=O)OC)cc23)c1F. The number of carbonyl (C=O) groups is 2. The summed E-state index contributed by atoms with van der Waals surface area (Å²) in [7, 11) is -0.327. The highest BCUT2D eigenvalue weighted by Gasteiger charge is 2.25. The molecule has 2 aromatic heterocycles. The minimum atomic E-state index is -1.56. The van der Waals surface area contributed by atoms with Crippen LogP contribution >= 0.6 is 0 Å². The molecule has 3 rings (SSSR count). The number of carbonyl (C=O) groups excluding carboxylic acids is 2. The number of rotatable bonds is 8. The fraction of sp³-hybridized carbons (Fsp3) is 0.190. The number of ether oxygens (including phenoxy) is 1. The van der Waals surface area contributed by atoms with Gasteiger partial charge in [-0.15, -0.1) is 0 Å². The van der Waals surface area contributed by atoms with Crippen LogP contribution in [0.15, 0.2) is 36.7 Å². The summed E-state index contributed by atoms with van der Waals surface area (Å²) in [6, 6.07) is 3.60. The van der Waals surface area contributed by atoms with E-state index in [2.05, 4.69) is 19.4 Å². The molecule has 1 aromatic carbocycles. The number of ketones is 1. The van der Waals surface area contributed by atoms with Crippen LogP contribution < -0.4 is 4.72 Å². The highest BCUT2D eigenvalue weighted by Crippen LogP contribution is 2.27. The quantitative estimate of drug-likeness (QED) is 0.311. The maximum Gasteiger partial charge on any atom is 0.330 e. The molecule has 162 valence electrons. The van der Waals surface area contributed by atoms with E-state index in [4.69, 9.17) is 0 Å². The molecule has 3 aromatic rings. The molecule has 0 aliphatic carbocycles. The van der Waals surface area contributed by atoms with Gasteiger partial charge in [0.15, 0.2) is 5.82 Å². The van der Waals surface area contributed by atoms with Gasteiger partial charge in [0, 0.05) is 35.2 Å². The molecule has 0 radical (unpaired) electrons. The normalized spacial score (nSPS) is 12.3. The number of pyridine rings is 1. The van der Waals surface area contributed by atoms with Gasteiger partial charge in [-0.1, -0.05) is 6.92 Å². The lowest BCUT2D eigenvalue weighted by molar-refractivity contribution is -0.134. The number of nitrogens with one attached hydrogen (secondary N) is 2. The molecule has 1 unspecified atom stereocenters. The van der Waals surface area contributed by atoms with Crippen molar-refractivity contribution in [3.05, 3.63) is 65.0 Å². The fourth-order valence-corrected chi connectivity index (χ4v) is 3.74. The molecule has 0 saturated heterocycles. The Hall–Kier alpha value is -3.40. The summed E-state index contributed by atoms with van der Waals surface area (Å²) >= 11 is 0. The minimum absolute atomic E-state index is 0.000415. The second-order valence-electron chi connectivity index (χ2n) is 6.49. The summed E-state index contributed by atoms with van der Waals surface area (Å²) < 4.78 is 48.3. The smallest absolute Gasteiger partial charge is 0.330 e. The highest BCUT2D eigenvalue weighted by molar-refractivity contribution is 7.86. The van der Waals surface area contributed by atoms with Crippen LogP contribution in [-0.4, -0.2) is 38.8 Å². The van der Waals surface area contributed by atoms with E-state index in [0.717, 1.165) is 12.1 Å². The number of halogens is 2. The third kappa shape index (κ3) is 4.85. The van der Waals surface area contributed by atoms with Crippen molar-refractivity contribution in [3.8, 4) is 0 Å². The molecule has 2 heterocycles. The van der Waals surface area contributed by atoms with Crippen LogP contribution in [0.25, 0.3) is 17.1 Å². The van der Waals surface area contributed by atoms with Crippen LogP contribution in [0.3, 0.4) is 0 Å². The zero-order valence-electron chi connectivity index (χ0n) is 16.7. The van der Waals surface area contributed by atoms with E-state index >= 15 is 0 Å². The maximum atomic E-state index is 15.0. The van der Waals surface area contributed by atoms with Gasteiger partial charge >= 0.3 is 5.97 Å². The number of esters is 1. The first kappa shape index (κ1) is 22.3. The monoisotopic (exact) mass is 447 g/mol. The summed E-state index contributed by atoms with van der Waals surface area (Å²) in [5.74, 6) is -3.37. The molecular formula is C21H19F2N3O4S. The standard InChI is InChI=1S/C21H19F2N3O4S/c1-3-8-31(29)26-16-6-5-15(22)18(19(16)23)20(28)14-11-25-21-13(14)9-12(10-24-21)4-7-17(27)30-2/h4-7,9-11,26H,3,8H2,1-2H3,(H,24,25)/b7-4+. The van der Waals surface area contributed by atoms with Gasteiger partial charge in [0.05, 0.1) is 18.4 Å². The van der Waals surface area contributed by atoms with Crippen molar-refractivity contribution >= 4 is 45.5 Å².